The molecule has 46 heavy (non-hydrogen) atoms. The fourth-order valence-electron chi connectivity index (χ4n) is 6.12. The first kappa shape index (κ1) is 35.4. The Bertz CT molecular complexity index is 1360. The second-order valence-corrected chi connectivity index (χ2v) is 13.6. The SMILES string of the molecule is COC(=O)NCCOC(c1cccc(Cl)c1)c1cc(C(=O)NC(CC2CCCCC2)CN(C)C(=O)OC(C)(C)C)cc2c1OCC2. The number of rotatable bonds is 12. The Morgan fingerprint density at radius 3 is 2.57 bits per heavy atom. The Hall–Kier alpha value is -3.50. The number of nitrogens with zero attached hydrogens (tertiary/aromatic N) is 1. The van der Waals surface area contributed by atoms with E-state index in [0.717, 1.165) is 30.4 Å². The third-order valence-corrected chi connectivity index (χ3v) is 8.46. The average Bonchev–Trinajstić information content (AvgIpc) is 3.49. The number of fused-ring (bicyclic) bond motifs is 1. The zero-order chi connectivity index (χ0) is 33.3. The van der Waals surface area contributed by atoms with Crippen LogP contribution in [0.2, 0.25) is 5.02 Å². The van der Waals surface area contributed by atoms with Gasteiger partial charge < -0.3 is 34.5 Å². The lowest BCUT2D eigenvalue weighted by molar-refractivity contribution is 0.0274. The average molecular weight is 658 g/mol. The molecule has 3 amide bonds. The molecule has 1 fully saturated rings. The number of nitrogens with one attached hydrogen (secondary N) is 2. The number of halogens is 1. The number of hydrogen-bond donors (Lipinski definition) is 2. The Kier molecular flexibility index (Phi) is 12.6. The molecule has 1 saturated carbocycles. The lowest BCUT2D eigenvalue weighted by Crippen LogP contribution is -2.46. The van der Waals surface area contributed by atoms with Crippen LogP contribution in [0.15, 0.2) is 36.4 Å². The van der Waals surface area contributed by atoms with Gasteiger partial charge in [-0.25, -0.2) is 9.59 Å². The van der Waals surface area contributed by atoms with E-state index in [1.807, 2.05) is 51.1 Å². The fourth-order valence-corrected chi connectivity index (χ4v) is 6.32. The summed E-state index contributed by atoms with van der Waals surface area (Å²) in [6, 6.07) is 10.8. The molecule has 1 heterocycles. The van der Waals surface area contributed by atoms with Crippen molar-refractivity contribution in [3.05, 3.63) is 63.7 Å². The molecule has 11 heteroatoms. The molecule has 2 unspecified atom stereocenters. The molecular weight excluding hydrogens is 610 g/mol. The summed E-state index contributed by atoms with van der Waals surface area (Å²) in [6.07, 6.45) is 5.68. The number of methoxy groups -OCH3 is 1. The molecule has 2 atom stereocenters. The van der Waals surface area contributed by atoms with Crippen LogP contribution in [0.25, 0.3) is 0 Å². The van der Waals surface area contributed by atoms with E-state index < -0.39 is 23.9 Å². The van der Waals surface area contributed by atoms with Gasteiger partial charge in [-0.1, -0.05) is 55.8 Å². The summed E-state index contributed by atoms with van der Waals surface area (Å²) in [5.41, 5.74) is 2.27. The van der Waals surface area contributed by atoms with E-state index in [-0.39, 0.29) is 25.1 Å². The number of amides is 3. The number of likely N-dealkylation sites (N-methyl/N-ethyl adjacent to an activating group) is 1. The van der Waals surface area contributed by atoms with Crippen LogP contribution >= 0.6 is 11.6 Å². The maximum absolute atomic E-state index is 14.0. The lowest BCUT2D eigenvalue weighted by atomic mass is 9.84. The minimum atomic E-state index is -0.618. The van der Waals surface area contributed by atoms with E-state index in [2.05, 4.69) is 15.4 Å². The van der Waals surface area contributed by atoms with Crippen LogP contribution in [-0.4, -0.2) is 75.1 Å². The van der Waals surface area contributed by atoms with E-state index in [9.17, 15) is 14.4 Å². The molecule has 10 nitrogen and oxygen atoms in total. The van der Waals surface area contributed by atoms with Gasteiger partial charge >= 0.3 is 12.2 Å². The van der Waals surface area contributed by atoms with E-state index in [1.165, 1.54) is 26.4 Å². The molecule has 2 aromatic carbocycles. The summed E-state index contributed by atoms with van der Waals surface area (Å²) in [7, 11) is 3.01. The van der Waals surface area contributed by atoms with Gasteiger partial charge in [0.05, 0.1) is 20.3 Å². The van der Waals surface area contributed by atoms with Gasteiger partial charge in [-0.2, -0.15) is 0 Å². The largest absolute Gasteiger partial charge is 0.493 e. The van der Waals surface area contributed by atoms with E-state index >= 15 is 0 Å². The predicted octanol–water partition coefficient (Wildman–Crippen LogP) is 6.67. The molecule has 0 bridgehead atoms. The number of alkyl carbamates (subject to hydrolysis) is 1. The van der Waals surface area contributed by atoms with Crippen molar-refractivity contribution >= 4 is 29.7 Å². The first-order valence-electron chi connectivity index (χ1n) is 16.2. The maximum atomic E-state index is 14.0. The van der Waals surface area contributed by atoms with Gasteiger partial charge in [-0.3, -0.25) is 4.79 Å². The fraction of sp³-hybridized carbons (Fsp3) is 0.571. The predicted molar refractivity (Wildman–Crippen MR) is 177 cm³/mol. The third kappa shape index (κ3) is 10.3. The zero-order valence-corrected chi connectivity index (χ0v) is 28.4. The normalized spacial score (nSPS) is 16.0. The van der Waals surface area contributed by atoms with Gasteiger partial charge in [0.25, 0.3) is 5.91 Å². The van der Waals surface area contributed by atoms with E-state index in [0.29, 0.717) is 47.4 Å². The summed E-state index contributed by atoms with van der Waals surface area (Å²) < 4.78 is 22.6. The standard InChI is InChI=1S/C35H48ClN3O7/c1-35(2,3)46-34(42)39(4)22-28(18-23-10-7-6-8-11-23)38-32(40)26-19-25-14-16-44-31(25)29(21-26)30(24-12-9-13-27(36)20-24)45-17-15-37-33(41)43-5/h9,12-13,19-21,23,28,30H,6-8,10-11,14-18,22H2,1-5H3,(H,37,41)(H,38,40). The van der Waals surface area contributed by atoms with Crippen molar-refractivity contribution in [1.82, 2.24) is 15.5 Å². The van der Waals surface area contributed by atoms with Crippen LogP contribution in [-0.2, 0) is 20.6 Å². The maximum Gasteiger partial charge on any atom is 0.410 e. The molecule has 2 aromatic rings. The van der Waals surface area contributed by atoms with Crippen LogP contribution in [0, 0.1) is 5.92 Å². The summed E-state index contributed by atoms with van der Waals surface area (Å²) in [5, 5.41) is 6.43. The number of benzene rings is 2. The van der Waals surface area contributed by atoms with Crippen molar-refractivity contribution in [3.8, 4) is 5.75 Å². The monoisotopic (exact) mass is 657 g/mol. The highest BCUT2D eigenvalue weighted by molar-refractivity contribution is 6.30. The van der Waals surface area contributed by atoms with E-state index in [4.69, 9.17) is 25.8 Å². The Labute approximate surface area is 277 Å². The summed E-state index contributed by atoms with van der Waals surface area (Å²) in [5.74, 6) is 0.937. The molecule has 0 saturated heterocycles. The van der Waals surface area contributed by atoms with Gasteiger partial charge in [0.15, 0.2) is 0 Å². The second-order valence-electron chi connectivity index (χ2n) is 13.1. The van der Waals surface area contributed by atoms with Gasteiger partial charge in [0, 0.05) is 48.7 Å². The summed E-state index contributed by atoms with van der Waals surface area (Å²) in [4.78, 5) is 40.0. The molecule has 0 spiro atoms. The molecule has 1 aliphatic carbocycles. The van der Waals surface area contributed by atoms with Crippen LogP contribution in [0.4, 0.5) is 9.59 Å². The van der Waals surface area contributed by atoms with Gasteiger partial charge in [-0.15, -0.1) is 0 Å². The van der Waals surface area contributed by atoms with Crippen molar-refractivity contribution in [2.24, 2.45) is 5.92 Å². The number of carbonyl (C=O) groups is 3. The zero-order valence-electron chi connectivity index (χ0n) is 27.7. The molecule has 4 rings (SSSR count). The van der Waals surface area contributed by atoms with Crippen LogP contribution < -0.4 is 15.4 Å². The van der Waals surface area contributed by atoms with Crippen LogP contribution in [0.5, 0.6) is 5.75 Å². The van der Waals surface area contributed by atoms with Crippen molar-refractivity contribution in [2.75, 3.05) is 40.5 Å². The number of carbonyl (C=O) groups excluding carboxylic acids is 3. The molecule has 0 radical (unpaired) electrons. The highest BCUT2D eigenvalue weighted by Gasteiger charge is 2.30. The smallest absolute Gasteiger partial charge is 0.410 e. The van der Waals surface area contributed by atoms with Crippen LogP contribution in [0.3, 0.4) is 0 Å². The highest BCUT2D eigenvalue weighted by Crippen LogP contribution is 2.40. The number of hydrogen-bond acceptors (Lipinski definition) is 7. The summed E-state index contributed by atoms with van der Waals surface area (Å²) >= 11 is 6.37. The first-order valence-corrected chi connectivity index (χ1v) is 16.5. The van der Waals surface area contributed by atoms with Crippen molar-refractivity contribution in [1.29, 1.82) is 0 Å². The van der Waals surface area contributed by atoms with Gasteiger partial charge in [0.2, 0.25) is 0 Å². The van der Waals surface area contributed by atoms with Crippen molar-refractivity contribution in [3.63, 3.8) is 0 Å². The topological polar surface area (TPSA) is 115 Å². The minimum absolute atomic E-state index is 0.179. The van der Waals surface area contributed by atoms with Gasteiger partial charge in [-0.05, 0) is 68.5 Å². The molecule has 1 aliphatic heterocycles. The Morgan fingerprint density at radius 2 is 1.87 bits per heavy atom. The molecule has 2 N–H and O–H groups in total. The third-order valence-electron chi connectivity index (χ3n) is 8.23. The molecule has 2 aliphatic rings. The van der Waals surface area contributed by atoms with Gasteiger partial charge in [0.1, 0.15) is 17.5 Å². The Balaban J connectivity index is 1.60. The minimum Gasteiger partial charge on any atom is -0.493 e. The summed E-state index contributed by atoms with van der Waals surface area (Å²) in [6.45, 7) is 6.74. The molecule has 0 aromatic heterocycles. The van der Waals surface area contributed by atoms with Crippen LogP contribution in [0.1, 0.15) is 92.4 Å². The molecule has 252 valence electrons. The van der Waals surface area contributed by atoms with Crippen molar-refractivity contribution in [2.45, 2.75) is 83.5 Å². The quantitative estimate of drug-likeness (QED) is 0.245. The lowest BCUT2D eigenvalue weighted by Gasteiger charge is -2.31. The van der Waals surface area contributed by atoms with E-state index in [1.54, 1.807) is 18.0 Å². The molecular formula is C35H48ClN3O7. The second kappa shape index (κ2) is 16.4. The Morgan fingerprint density at radius 1 is 1.11 bits per heavy atom. The van der Waals surface area contributed by atoms with Crippen molar-refractivity contribution < 1.29 is 33.3 Å². The first-order chi connectivity index (χ1) is 21.9. The highest BCUT2D eigenvalue weighted by atomic mass is 35.5. The number of ether oxygens (including phenoxy) is 4.